The molecule has 0 unspecified atom stereocenters. The summed E-state index contributed by atoms with van der Waals surface area (Å²) in [5, 5.41) is 60.0. The Balaban J connectivity index is 0.00000150. The third-order valence-corrected chi connectivity index (χ3v) is 24.3. The van der Waals surface area contributed by atoms with Gasteiger partial charge in [-0.1, -0.05) is 130 Å². The van der Waals surface area contributed by atoms with Crippen molar-refractivity contribution in [1.29, 1.82) is 0 Å². The zero-order chi connectivity index (χ0) is 102. The van der Waals surface area contributed by atoms with E-state index in [1.54, 1.807) is 6.26 Å². The minimum atomic E-state index is -1.80. The summed E-state index contributed by atoms with van der Waals surface area (Å²) in [6.07, 6.45) is 22.6. The van der Waals surface area contributed by atoms with Crippen LogP contribution in [0, 0.1) is 47.3 Å². The number of thioether (sulfide) groups is 1. The predicted octanol–water partition coefficient (Wildman–Crippen LogP) is 5.93. The number of hydrogen-bond donors (Lipinski definition) is 20. The van der Waals surface area contributed by atoms with Gasteiger partial charge in [-0.25, -0.2) is 4.98 Å². The first kappa shape index (κ1) is 124. The number of aliphatic carboxylic acids is 1. The summed E-state index contributed by atoms with van der Waals surface area (Å²) in [4.78, 5) is 218. The normalized spacial score (nSPS) is 14.4. The molecule has 2 rings (SSSR count). The van der Waals surface area contributed by atoms with Gasteiger partial charge < -0.3 is 113 Å². The van der Waals surface area contributed by atoms with Crippen LogP contribution in [0.25, 0.3) is 0 Å². The third kappa shape index (κ3) is 57.4. The fraction of sp³-hybridized carbons (Fsp3) is 0.732. The summed E-state index contributed by atoms with van der Waals surface area (Å²) in [7, 11) is 0. The van der Waals surface area contributed by atoms with Crippen molar-refractivity contribution < 1.29 is 92.3 Å². The maximum Gasteiger partial charge on any atom is 0.305 e. The minimum absolute atomic E-state index is 0.0139. The molecule has 39 heteroatoms. The van der Waals surface area contributed by atoms with Gasteiger partial charge in [0.15, 0.2) is 40.8 Å². The molecular formula is C97H169N19O19S. The summed E-state index contributed by atoms with van der Waals surface area (Å²) in [6, 6.07) is -1.43. The summed E-state index contributed by atoms with van der Waals surface area (Å²) in [5.74, 6) is -16.2. The van der Waals surface area contributed by atoms with Gasteiger partial charge in [-0.15, -0.1) is 0 Å². The number of H-pyrrole nitrogens is 1. The number of nitrogens with two attached hydrogens (primary N) is 8. The van der Waals surface area contributed by atoms with E-state index in [9.17, 15) is 92.3 Å². The number of primary amides is 1. The van der Waals surface area contributed by atoms with Crippen LogP contribution in [0.15, 0.2) is 46.8 Å². The van der Waals surface area contributed by atoms with Crippen molar-refractivity contribution in [2.75, 3.05) is 51.3 Å². The van der Waals surface area contributed by atoms with E-state index < -0.39 is 169 Å². The molecule has 0 radical (unpaired) electrons. The summed E-state index contributed by atoms with van der Waals surface area (Å²) < 4.78 is 0. The number of nitrogens with zero attached hydrogens (tertiary/aromatic N) is 3. The molecule has 0 aliphatic rings. The molecule has 0 aliphatic carbocycles. The van der Waals surface area contributed by atoms with E-state index in [0.29, 0.717) is 101 Å². The van der Waals surface area contributed by atoms with Gasteiger partial charge in [0.25, 0.3) is 0 Å². The number of guanidine groups is 2. The van der Waals surface area contributed by atoms with Crippen molar-refractivity contribution in [2.24, 2.45) is 103 Å². The van der Waals surface area contributed by atoms with Gasteiger partial charge in [-0.2, -0.15) is 11.8 Å². The number of imidazole rings is 1. The average molecular weight is 1940 g/mol. The molecule has 0 fully saturated rings. The van der Waals surface area contributed by atoms with E-state index in [4.69, 9.17) is 45.9 Å². The first-order chi connectivity index (χ1) is 64.6. The van der Waals surface area contributed by atoms with Gasteiger partial charge in [0.2, 0.25) is 47.3 Å². The van der Waals surface area contributed by atoms with E-state index in [-0.39, 0.29) is 149 Å². The molecule has 0 spiro atoms. The second kappa shape index (κ2) is 73.4. The molecule has 2 aromatic rings. The number of carboxylic acids is 1. The quantitative estimate of drug-likeness (QED) is 0.0207. The Bertz CT molecular complexity index is 3920. The Morgan fingerprint density at radius 1 is 0.441 bits per heavy atom. The lowest BCUT2D eigenvalue weighted by Crippen LogP contribution is -2.52. The number of phenols is 1. The largest absolute Gasteiger partial charge is 0.508 e. The third-order valence-electron chi connectivity index (χ3n) is 23.7. The monoisotopic (exact) mass is 1940 g/mol. The van der Waals surface area contributed by atoms with Gasteiger partial charge in [-0.3, -0.25) is 77.1 Å². The predicted molar refractivity (Wildman–Crippen MR) is 529 cm³/mol. The molecule has 28 N–H and O–H groups in total. The van der Waals surface area contributed by atoms with Gasteiger partial charge in [0, 0.05) is 100 Å². The molecule has 136 heavy (non-hydrogen) atoms. The smallest absolute Gasteiger partial charge is 0.305 e. The number of aromatic nitrogens is 2. The number of benzene rings is 1. The number of aliphatic imine (C=N–C) groups is 2. The molecule has 38 nitrogen and oxygen atoms in total. The Hall–Kier alpha value is -9.83. The first-order valence-electron chi connectivity index (χ1n) is 49.1. The number of Topliss-reactive ketones (excluding diaryl/α,β-unsaturated/α-hetero) is 6. The molecule has 0 saturated carbocycles. The van der Waals surface area contributed by atoms with Crippen LogP contribution in [0.3, 0.4) is 0 Å². The fourth-order valence-corrected chi connectivity index (χ4v) is 16.4. The van der Waals surface area contributed by atoms with Gasteiger partial charge in [0.1, 0.15) is 17.6 Å². The Kier molecular flexibility index (Phi) is 67.0. The van der Waals surface area contributed by atoms with Crippen molar-refractivity contribution in [1.82, 2.24) is 47.2 Å². The highest BCUT2D eigenvalue weighted by molar-refractivity contribution is 7.98. The molecule has 1 aromatic carbocycles. The van der Waals surface area contributed by atoms with Gasteiger partial charge in [-0.05, 0) is 191 Å². The van der Waals surface area contributed by atoms with E-state index in [0.717, 1.165) is 25.7 Å². The van der Waals surface area contributed by atoms with Crippen LogP contribution in [-0.4, -0.2) is 230 Å². The number of hydrogen-bond acceptors (Lipinski definition) is 25. The number of unbranched alkanes of at least 4 members (excludes halogenated alkanes) is 15. The SMILES string of the molecule is CCCCCCCCCCCCCCCC(=O)N[C@@H](CCCCN)C(=O)N[C@@H](CCCCN)C(=O)C[C@H](CC(C)C)C(=O)N[C@H](C)CCCN=C(N)N.CSCC[C@H](NC(=O)[C@H](CO)CC(C)=O)C(=O)C[C@H](C(=O)N[C@@H](CC(=O)O)C(=O)C[C@@H](CCCCN)C(=O)N[C@@H](Cc1ccc(O)cc1)C(=O)C[C@@H](CCCN=C(N)N)C(=O)N[C@@H](CC(C)C)C(=O)C[C@@H](Cc1cnc[nH]1)C(N)=O)[C@@H](C)O. The number of aromatic amines is 1. The van der Waals surface area contributed by atoms with Crippen molar-refractivity contribution in [3.63, 3.8) is 0 Å². The Morgan fingerprint density at radius 2 is 0.882 bits per heavy atom. The maximum absolute atomic E-state index is 14.7. The summed E-state index contributed by atoms with van der Waals surface area (Å²) >= 11 is 1.34. The topological polar surface area (TPSA) is 683 Å². The number of carbonyl (C=O) groups excluding carboxylic acids is 14. The van der Waals surface area contributed by atoms with Gasteiger partial charge in [0.05, 0.1) is 73.4 Å². The van der Waals surface area contributed by atoms with Crippen LogP contribution in [0.4, 0.5) is 0 Å². The number of carboxylic acid groups (broad SMARTS) is 1. The lowest BCUT2D eigenvalue weighted by molar-refractivity contribution is -0.142. The van der Waals surface area contributed by atoms with Crippen LogP contribution in [0.1, 0.15) is 304 Å². The van der Waals surface area contributed by atoms with Crippen molar-refractivity contribution >= 4 is 112 Å². The van der Waals surface area contributed by atoms with Crippen LogP contribution in [0.5, 0.6) is 5.75 Å². The molecule has 0 bridgehead atoms. The van der Waals surface area contributed by atoms with E-state index in [1.165, 1.54) is 127 Å². The van der Waals surface area contributed by atoms with Crippen LogP contribution in [0.2, 0.25) is 0 Å². The molecule has 1 heterocycles. The second-order valence-corrected chi connectivity index (χ2v) is 38.0. The zero-order valence-electron chi connectivity index (χ0n) is 82.5. The average Bonchev–Trinajstić information content (AvgIpc) is 0.958. The van der Waals surface area contributed by atoms with Crippen LogP contribution in [-0.2, 0) is 84.8 Å². The van der Waals surface area contributed by atoms with Gasteiger partial charge >= 0.3 is 5.97 Å². The van der Waals surface area contributed by atoms with E-state index in [2.05, 4.69) is 64.1 Å². The van der Waals surface area contributed by atoms with Crippen molar-refractivity contribution in [3.05, 3.63) is 48.0 Å². The summed E-state index contributed by atoms with van der Waals surface area (Å²) in [6.45, 7) is 15.3. The molecule has 0 aliphatic heterocycles. The summed E-state index contributed by atoms with van der Waals surface area (Å²) in [5.41, 5.74) is 45.9. The lowest BCUT2D eigenvalue weighted by Gasteiger charge is -2.27. The molecular weight excluding hydrogens is 1770 g/mol. The Morgan fingerprint density at radius 3 is 1.38 bits per heavy atom. The highest BCUT2D eigenvalue weighted by Crippen LogP contribution is 2.26. The molecule has 8 amide bonds. The lowest BCUT2D eigenvalue weighted by atomic mass is 9.88. The fourth-order valence-electron chi connectivity index (χ4n) is 15.9. The first-order valence-corrected chi connectivity index (χ1v) is 50.5. The molecule has 0 saturated heterocycles. The minimum Gasteiger partial charge on any atom is -0.508 e. The number of phenolic OH excluding ortho intramolecular Hbond substituents is 1. The zero-order valence-corrected chi connectivity index (χ0v) is 83.3. The number of ketones is 6. The second-order valence-electron chi connectivity index (χ2n) is 37.0. The standard InChI is InChI=1S/C56H87N11O15S.C41H82N8O4/c1-31(2)19-43(48(74)25-37(51(58)78)22-39-28-61-30-63-39)65-53(80)36(10-8-17-62-56(59)60)24-46(72)44(21-34-11-13-40(71)14-12-34)66-52(79)35(9-6-7-16-57)23-47(73)45(27-50(76)77)67-55(82)41(33(4)70)26-49(75)42(15-18-83-5)64-54(81)38(29-68)20-32(3)69;1-5-6-7-8-9-10-11-12-13-14-15-16-17-26-38(51)48-36(25-19-21-28-43)40(53)49-35(24-18-20-27-42)37(50)31-34(30-32(2)3)39(52)47-33(4)23-22-29-46-41(44)45/h11-14,28,30-31,33,35-38,41-45,68,70-71H,6-10,15-27,29,57H2,1-5H3,(H2,58,78)(H,61,63)(H,64,81)(H,65,80)(H,66,79)(H,67,82)(H,76,77)(H4,59,60,62);32-36H,5-31,42-43H2,1-4H3,(H,47,52)(H,48,51)(H,49,53)(H4,44,45,46)/t33-,35-,36-,37-,38+,41+,42+,43+,44+,45+;33-,34+,35+,36+/m11/s1. The molecule has 1 aromatic heterocycles. The van der Waals surface area contributed by atoms with E-state index in [1.807, 2.05) is 34.6 Å². The van der Waals surface area contributed by atoms with E-state index >= 15 is 0 Å². The number of nitrogens with one attached hydrogen (secondary N) is 8. The molecule has 772 valence electrons. The number of carbonyl (C=O) groups is 15. The highest BCUT2D eigenvalue weighted by Gasteiger charge is 2.39. The number of aliphatic hydroxyl groups excluding tert-OH is 2. The maximum atomic E-state index is 14.7. The number of amides is 8. The van der Waals surface area contributed by atoms with Crippen molar-refractivity contribution in [2.45, 2.75) is 354 Å². The van der Waals surface area contributed by atoms with Crippen LogP contribution >= 0.6 is 11.8 Å². The number of rotatable bonds is 80. The number of aromatic hydroxyl groups is 1. The number of aliphatic hydroxyl groups is 2. The van der Waals surface area contributed by atoms with Crippen molar-refractivity contribution in [3.8, 4) is 5.75 Å². The molecule has 14 atom stereocenters. The van der Waals surface area contributed by atoms with Crippen LogP contribution < -0.4 is 83.1 Å². The highest BCUT2D eigenvalue weighted by atomic mass is 32.2. The Labute approximate surface area is 809 Å².